The Bertz CT molecular complexity index is 80.6. The molecule has 2 nitrogen and oxygen atoms in total. The Labute approximate surface area is 78.5 Å². The highest BCUT2D eigenvalue weighted by Gasteiger charge is 2.06. The molecule has 0 aromatic rings. The molecule has 0 aliphatic carbocycles. The monoisotopic (exact) mass is 189 g/mol. The van der Waals surface area contributed by atoms with Crippen LogP contribution in [0.4, 0.5) is 0 Å². The lowest BCUT2D eigenvalue weighted by Crippen LogP contribution is -2.24. The summed E-state index contributed by atoms with van der Waals surface area (Å²) in [5.41, 5.74) is 0. The number of rotatable bonds is 8. The summed E-state index contributed by atoms with van der Waals surface area (Å²) in [5, 5.41) is 0. The van der Waals surface area contributed by atoms with Gasteiger partial charge in [-0.2, -0.15) is 0 Å². The molecule has 0 heterocycles. The van der Waals surface area contributed by atoms with Crippen molar-refractivity contribution < 1.29 is 9.47 Å². The predicted octanol–water partition coefficient (Wildman–Crippen LogP) is 1.54. The topological polar surface area (TPSA) is 18.5 Å². The van der Waals surface area contributed by atoms with Crippen LogP contribution in [0, 0.1) is 6.92 Å². The quantitative estimate of drug-likeness (QED) is 0.426. The molecule has 0 amide bonds. The van der Waals surface area contributed by atoms with E-state index in [-0.39, 0.29) is 15.4 Å². The van der Waals surface area contributed by atoms with Crippen LogP contribution >= 0.6 is 0 Å². The minimum Gasteiger partial charge on any atom is -0.357 e. The summed E-state index contributed by atoms with van der Waals surface area (Å²) in [4.78, 5) is 0. The minimum absolute atomic E-state index is 0.113. The highest BCUT2D eigenvalue weighted by atomic mass is 28.2. The summed E-state index contributed by atoms with van der Waals surface area (Å²) in [6.07, 6.45) is 2.13. The van der Waals surface area contributed by atoms with Gasteiger partial charge in [-0.05, 0) is 12.8 Å². The molecular weight excluding hydrogens is 168 g/mol. The molecule has 0 unspecified atom stereocenters. The molecule has 1 radical (unpaired) electrons. The fraction of sp³-hybridized carbons (Fsp3) is 0.889. The Kier molecular flexibility index (Phi) is 9.33. The van der Waals surface area contributed by atoms with Crippen molar-refractivity contribution in [2.24, 2.45) is 0 Å². The normalized spacial score (nSPS) is 12.0. The Hall–Kier alpha value is 0.137. The Morgan fingerprint density at radius 3 is 2.00 bits per heavy atom. The zero-order chi connectivity index (χ0) is 9.23. The molecule has 0 aliphatic heterocycles. The summed E-state index contributed by atoms with van der Waals surface area (Å²) < 4.78 is 11.1. The molecule has 0 N–H and O–H groups in total. The number of ether oxygens (including phenoxy) is 2. The van der Waals surface area contributed by atoms with Crippen molar-refractivity contribution in [3.05, 3.63) is 6.92 Å². The third-order valence-electron chi connectivity index (χ3n) is 1.46. The van der Waals surface area contributed by atoms with Crippen LogP contribution in [-0.4, -0.2) is 28.6 Å². The SMILES string of the molecule is [CH2]C[SiH2]C(OCCC)OCCC. The van der Waals surface area contributed by atoms with E-state index in [9.17, 15) is 0 Å². The largest absolute Gasteiger partial charge is 0.357 e. The average Bonchev–Trinajstić information content (AvgIpc) is 2.10. The molecule has 0 bridgehead atoms. The van der Waals surface area contributed by atoms with Crippen molar-refractivity contribution in [1.29, 1.82) is 0 Å². The first-order valence-corrected chi connectivity index (χ1v) is 6.69. The van der Waals surface area contributed by atoms with E-state index in [1.807, 2.05) is 0 Å². The van der Waals surface area contributed by atoms with Crippen LogP contribution in [0.15, 0.2) is 0 Å². The molecule has 0 fully saturated rings. The third kappa shape index (κ3) is 6.82. The first kappa shape index (κ1) is 12.1. The van der Waals surface area contributed by atoms with Gasteiger partial charge in [0.1, 0.15) is 5.91 Å². The van der Waals surface area contributed by atoms with Crippen molar-refractivity contribution in [3.8, 4) is 0 Å². The molecule has 0 aliphatic rings. The molecule has 0 atom stereocenters. The number of hydrogen-bond acceptors (Lipinski definition) is 2. The fourth-order valence-corrected chi connectivity index (χ4v) is 1.88. The summed E-state index contributed by atoms with van der Waals surface area (Å²) >= 11 is 0. The molecule has 0 aromatic carbocycles. The summed E-state index contributed by atoms with van der Waals surface area (Å²) in [6, 6.07) is 1.01. The van der Waals surface area contributed by atoms with Crippen molar-refractivity contribution in [1.82, 2.24) is 0 Å². The first-order chi connectivity index (χ1) is 5.85. The van der Waals surface area contributed by atoms with E-state index < -0.39 is 0 Å². The van der Waals surface area contributed by atoms with E-state index in [2.05, 4.69) is 20.8 Å². The molecule has 0 saturated heterocycles. The van der Waals surface area contributed by atoms with Crippen LogP contribution in [0.5, 0.6) is 0 Å². The number of hydrogen-bond donors (Lipinski definition) is 0. The van der Waals surface area contributed by atoms with E-state index in [0.717, 1.165) is 32.1 Å². The molecule has 73 valence electrons. The van der Waals surface area contributed by atoms with Crippen LogP contribution in [0.3, 0.4) is 0 Å². The molecule has 3 heteroatoms. The van der Waals surface area contributed by atoms with Gasteiger partial charge in [0.15, 0.2) is 0 Å². The van der Waals surface area contributed by atoms with Gasteiger partial charge < -0.3 is 9.47 Å². The molecular formula is C9H21O2Si. The lowest BCUT2D eigenvalue weighted by Gasteiger charge is -2.16. The minimum atomic E-state index is -0.260. The second-order valence-electron chi connectivity index (χ2n) is 2.81. The van der Waals surface area contributed by atoms with E-state index in [1.54, 1.807) is 0 Å². The van der Waals surface area contributed by atoms with Crippen LogP contribution in [-0.2, 0) is 9.47 Å². The highest BCUT2D eigenvalue weighted by molar-refractivity contribution is 6.36. The van der Waals surface area contributed by atoms with Gasteiger partial charge in [-0.25, -0.2) is 0 Å². The van der Waals surface area contributed by atoms with Crippen LogP contribution in [0.25, 0.3) is 0 Å². The second-order valence-corrected chi connectivity index (χ2v) is 4.76. The van der Waals surface area contributed by atoms with Gasteiger partial charge >= 0.3 is 0 Å². The zero-order valence-electron chi connectivity index (χ0n) is 8.34. The summed E-state index contributed by atoms with van der Waals surface area (Å²) in [7, 11) is -0.260. The summed E-state index contributed by atoms with van der Waals surface area (Å²) in [6.45, 7) is 9.71. The Balaban J connectivity index is 3.40. The Morgan fingerprint density at radius 1 is 1.17 bits per heavy atom. The van der Waals surface area contributed by atoms with E-state index in [0.29, 0.717) is 0 Å². The van der Waals surface area contributed by atoms with E-state index >= 15 is 0 Å². The lowest BCUT2D eigenvalue weighted by atomic mass is 10.5. The highest BCUT2D eigenvalue weighted by Crippen LogP contribution is 1.98. The standard InChI is InChI=1S/C9H21O2Si/c1-4-7-10-9(12-6-3)11-8-5-2/h9H,3-8,12H2,1-2H3. The third-order valence-corrected chi connectivity index (χ3v) is 2.81. The van der Waals surface area contributed by atoms with Gasteiger partial charge in [0, 0.05) is 13.2 Å². The van der Waals surface area contributed by atoms with Gasteiger partial charge in [0.05, 0.1) is 9.52 Å². The maximum absolute atomic E-state index is 5.53. The Morgan fingerprint density at radius 2 is 1.67 bits per heavy atom. The fourth-order valence-electron chi connectivity index (χ4n) is 0.880. The van der Waals surface area contributed by atoms with Gasteiger partial charge in [0.25, 0.3) is 0 Å². The maximum atomic E-state index is 5.53. The van der Waals surface area contributed by atoms with Crippen LogP contribution < -0.4 is 0 Å². The van der Waals surface area contributed by atoms with Gasteiger partial charge in [-0.3, -0.25) is 0 Å². The van der Waals surface area contributed by atoms with Crippen molar-refractivity contribution in [3.63, 3.8) is 0 Å². The zero-order valence-corrected chi connectivity index (χ0v) is 9.76. The van der Waals surface area contributed by atoms with Crippen LogP contribution in [0.2, 0.25) is 6.04 Å². The molecule has 12 heavy (non-hydrogen) atoms. The van der Waals surface area contributed by atoms with Crippen molar-refractivity contribution in [2.45, 2.75) is 38.6 Å². The molecule has 0 rings (SSSR count). The molecule has 0 spiro atoms. The van der Waals surface area contributed by atoms with Crippen molar-refractivity contribution in [2.75, 3.05) is 13.2 Å². The first-order valence-electron chi connectivity index (χ1n) is 4.87. The van der Waals surface area contributed by atoms with Gasteiger partial charge in [0.2, 0.25) is 0 Å². The van der Waals surface area contributed by atoms with Gasteiger partial charge in [-0.1, -0.05) is 26.8 Å². The smallest absolute Gasteiger partial charge is 0.134 e. The average molecular weight is 189 g/mol. The molecule has 0 aromatic heterocycles. The summed E-state index contributed by atoms with van der Waals surface area (Å²) in [5.74, 6) is 0.113. The van der Waals surface area contributed by atoms with Crippen molar-refractivity contribution >= 4 is 9.52 Å². The molecule has 0 saturated carbocycles. The van der Waals surface area contributed by atoms with Gasteiger partial charge in [-0.15, -0.1) is 0 Å². The predicted molar refractivity (Wildman–Crippen MR) is 55.0 cm³/mol. The van der Waals surface area contributed by atoms with E-state index in [4.69, 9.17) is 9.47 Å². The van der Waals surface area contributed by atoms with E-state index in [1.165, 1.54) is 0 Å². The van der Waals surface area contributed by atoms with Crippen LogP contribution in [0.1, 0.15) is 26.7 Å². The lowest BCUT2D eigenvalue weighted by molar-refractivity contribution is -0.0903. The maximum Gasteiger partial charge on any atom is 0.134 e. The second kappa shape index (κ2) is 9.23.